The molecule has 4 atom stereocenters. The predicted octanol–water partition coefficient (Wildman–Crippen LogP) is 2.78. The average molecular weight is 564 g/mol. The summed E-state index contributed by atoms with van der Waals surface area (Å²) in [6.45, 7) is 2.05. The summed E-state index contributed by atoms with van der Waals surface area (Å²) >= 11 is 11.8. The maximum Gasteiger partial charge on any atom is 0.310 e. The van der Waals surface area contributed by atoms with Crippen molar-refractivity contribution in [3.8, 4) is 5.75 Å². The molecule has 0 aromatic heterocycles. The van der Waals surface area contributed by atoms with E-state index >= 15 is 0 Å². The second-order valence-corrected chi connectivity index (χ2v) is 9.96. The molecule has 2 aromatic carbocycles. The highest BCUT2D eigenvalue weighted by molar-refractivity contribution is 6.37. The van der Waals surface area contributed by atoms with Crippen molar-refractivity contribution in [2.24, 2.45) is 0 Å². The van der Waals surface area contributed by atoms with E-state index in [4.69, 9.17) is 32.7 Å². The lowest BCUT2D eigenvalue weighted by Gasteiger charge is -2.28. The molecule has 3 amide bonds. The minimum atomic E-state index is -0.958. The van der Waals surface area contributed by atoms with Crippen LogP contribution in [0.25, 0.3) is 0 Å². The molecule has 2 aliphatic rings. The summed E-state index contributed by atoms with van der Waals surface area (Å²) in [6, 6.07) is 9.40. The molecule has 202 valence electrons. The van der Waals surface area contributed by atoms with Gasteiger partial charge in [0.15, 0.2) is 5.75 Å². The Bertz CT molecular complexity index is 1200. The standard InChI is InChI=1S/C26H27Cl2N3O7/c1-14(29-23(34)16-10-17(27)22(33)18(28)11-16)25(36)31-9-5-8-20(31)24(35)30-19-12-21(32)38-26(19)37-13-15-6-3-2-4-7-15/h2-4,6-7,10-11,14,19-20,26,33H,5,8-9,12-13H2,1H3,(H,29,34)(H,30,35)/t14-,19-,20-,26?/m0/s1. The number of phenols is 1. The van der Waals surface area contributed by atoms with Gasteiger partial charge in [-0.15, -0.1) is 0 Å². The Balaban J connectivity index is 1.35. The zero-order chi connectivity index (χ0) is 27.4. The lowest BCUT2D eigenvalue weighted by atomic mass is 10.1. The van der Waals surface area contributed by atoms with Gasteiger partial charge in [0.25, 0.3) is 5.91 Å². The molecule has 1 unspecified atom stereocenters. The molecule has 38 heavy (non-hydrogen) atoms. The Kier molecular flexibility index (Phi) is 8.76. The summed E-state index contributed by atoms with van der Waals surface area (Å²) in [4.78, 5) is 52.3. The minimum absolute atomic E-state index is 0.0456. The smallest absolute Gasteiger partial charge is 0.310 e. The summed E-state index contributed by atoms with van der Waals surface area (Å²) in [5.74, 6) is -2.32. The van der Waals surface area contributed by atoms with Crippen molar-refractivity contribution in [1.82, 2.24) is 15.5 Å². The third-order valence-electron chi connectivity index (χ3n) is 6.38. The fourth-order valence-corrected chi connectivity index (χ4v) is 4.91. The molecule has 2 saturated heterocycles. The lowest BCUT2D eigenvalue weighted by molar-refractivity contribution is -0.168. The molecule has 12 heteroatoms. The van der Waals surface area contributed by atoms with E-state index in [-0.39, 0.29) is 34.4 Å². The number of nitrogens with zero attached hydrogens (tertiary/aromatic N) is 1. The van der Waals surface area contributed by atoms with Crippen LogP contribution in [0.4, 0.5) is 0 Å². The number of phenolic OH excluding ortho intramolecular Hbond substituents is 1. The number of nitrogens with one attached hydrogen (secondary N) is 2. The maximum absolute atomic E-state index is 13.2. The van der Waals surface area contributed by atoms with E-state index < -0.39 is 48.1 Å². The topological polar surface area (TPSA) is 134 Å². The molecule has 4 rings (SSSR count). The second kappa shape index (κ2) is 12.0. The first kappa shape index (κ1) is 27.7. The van der Waals surface area contributed by atoms with Crippen LogP contribution in [-0.4, -0.2) is 64.7 Å². The lowest BCUT2D eigenvalue weighted by Crippen LogP contribution is -2.54. The third kappa shape index (κ3) is 6.38. The van der Waals surface area contributed by atoms with Gasteiger partial charge in [-0.05, 0) is 37.5 Å². The van der Waals surface area contributed by atoms with Gasteiger partial charge in [0.05, 0.1) is 23.1 Å². The summed E-state index contributed by atoms with van der Waals surface area (Å²) in [5, 5.41) is 14.9. The van der Waals surface area contributed by atoms with E-state index in [2.05, 4.69) is 10.6 Å². The third-order valence-corrected chi connectivity index (χ3v) is 6.96. The van der Waals surface area contributed by atoms with Crippen LogP contribution in [0.3, 0.4) is 0 Å². The van der Waals surface area contributed by atoms with Crippen molar-refractivity contribution in [2.45, 2.75) is 57.2 Å². The van der Waals surface area contributed by atoms with Crippen molar-refractivity contribution in [3.63, 3.8) is 0 Å². The molecule has 0 spiro atoms. The van der Waals surface area contributed by atoms with Gasteiger partial charge in [-0.3, -0.25) is 19.2 Å². The molecule has 2 aromatic rings. The highest BCUT2D eigenvalue weighted by Crippen LogP contribution is 2.32. The summed E-state index contributed by atoms with van der Waals surface area (Å²) in [6.07, 6.45) is 0.0374. The minimum Gasteiger partial charge on any atom is -0.505 e. The van der Waals surface area contributed by atoms with Crippen LogP contribution in [0.1, 0.15) is 42.1 Å². The Morgan fingerprint density at radius 2 is 1.87 bits per heavy atom. The molecular formula is C26H27Cl2N3O7. The number of benzene rings is 2. The number of amides is 3. The van der Waals surface area contributed by atoms with Gasteiger partial charge >= 0.3 is 5.97 Å². The Hall–Kier alpha value is -3.34. The number of esters is 1. The second-order valence-electron chi connectivity index (χ2n) is 9.15. The number of ether oxygens (including phenoxy) is 2. The number of halogens is 2. The van der Waals surface area contributed by atoms with E-state index in [1.165, 1.54) is 24.0 Å². The number of carbonyl (C=O) groups excluding carboxylic acids is 4. The molecule has 2 heterocycles. The molecule has 0 radical (unpaired) electrons. The predicted molar refractivity (Wildman–Crippen MR) is 137 cm³/mol. The van der Waals surface area contributed by atoms with Crippen molar-refractivity contribution < 1.29 is 33.8 Å². The van der Waals surface area contributed by atoms with Gasteiger partial charge in [-0.1, -0.05) is 53.5 Å². The molecule has 2 aliphatic heterocycles. The van der Waals surface area contributed by atoms with Gasteiger partial charge in [-0.2, -0.15) is 0 Å². The number of cyclic esters (lactones) is 1. The zero-order valence-corrected chi connectivity index (χ0v) is 22.0. The largest absolute Gasteiger partial charge is 0.505 e. The summed E-state index contributed by atoms with van der Waals surface area (Å²) in [5.41, 5.74) is 0.960. The molecule has 0 aliphatic carbocycles. The molecular weight excluding hydrogens is 537 g/mol. The number of aromatic hydroxyl groups is 1. The van der Waals surface area contributed by atoms with Crippen LogP contribution in [0.5, 0.6) is 5.75 Å². The van der Waals surface area contributed by atoms with E-state index in [1.54, 1.807) is 0 Å². The van der Waals surface area contributed by atoms with Gasteiger partial charge in [0, 0.05) is 12.1 Å². The monoisotopic (exact) mass is 563 g/mol. The van der Waals surface area contributed by atoms with Crippen molar-refractivity contribution >= 4 is 46.9 Å². The number of carbonyl (C=O) groups is 4. The number of hydrogen-bond donors (Lipinski definition) is 3. The Morgan fingerprint density at radius 1 is 1.18 bits per heavy atom. The summed E-state index contributed by atoms with van der Waals surface area (Å²) in [7, 11) is 0. The Labute approximate surface area is 229 Å². The van der Waals surface area contributed by atoms with Crippen molar-refractivity contribution in [2.75, 3.05) is 6.54 Å². The number of likely N-dealkylation sites (tertiary alicyclic amines) is 1. The number of hydrogen-bond acceptors (Lipinski definition) is 7. The highest BCUT2D eigenvalue weighted by atomic mass is 35.5. The average Bonchev–Trinajstić information content (AvgIpc) is 3.52. The molecule has 2 fully saturated rings. The van der Waals surface area contributed by atoms with Gasteiger partial charge in [-0.25, -0.2) is 0 Å². The first-order chi connectivity index (χ1) is 18.1. The van der Waals surface area contributed by atoms with E-state index in [1.807, 2.05) is 30.3 Å². The SMILES string of the molecule is C[C@H](NC(=O)c1cc(Cl)c(O)c(Cl)c1)C(=O)N1CCC[C@H]1C(=O)N[C@H]1CC(=O)OC1OCc1ccccc1. The van der Waals surface area contributed by atoms with Crippen LogP contribution in [0.2, 0.25) is 10.0 Å². The first-order valence-corrected chi connectivity index (χ1v) is 12.8. The van der Waals surface area contributed by atoms with Crippen LogP contribution in [0, 0.1) is 0 Å². The highest BCUT2D eigenvalue weighted by Gasteiger charge is 2.41. The Morgan fingerprint density at radius 3 is 2.55 bits per heavy atom. The van der Waals surface area contributed by atoms with Crippen molar-refractivity contribution in [3.05, 3.63) is 63.6 Å². The normalized spacial score (nSPS) is 21.6. The number of rotatable bonds is 8. The first-order valence-electron chi connectivity index (χ1n) is 12.1. The molecule has 10 nitrogen and oxygen atoms in total. The zero-order valence-electron chi connectivity index (χ0n) is 20.5. The molecule has 0 bridgehead atoms. The summed E-state index contributed by atoms with van der Waals surface area (Å²) < 4.78 is 11.0. The quantitative estimate of drug-likeness (QED) is 0.420. The van der Waals surface area contributed by atoms with E-state index in [0.717, 1.165) is 5.56 Å². The van der Waals surface area contributed by atoms with Crippen LogP contribution in [-0.2, 0) is 30.5 Å². The van der Waals surface area contributed by atoms with Gasteiger partial charge in [0.1, 0.15) is 18.1 Å². The van der Waals surface area contributed by atoms with Crippen LogP contribution in [0.15, 0.2) is 42.5 Å². The van der Waals surface area contributed by atoms with E-state index in [9.17, 15) is 24.3 Å². The maximum atomic E-state index is 13.2. The fourth-order valence-electron chi connectivity index (χ4n) is 4.43. The van der Waals surface area contributed by atoms with Gasteiger partial charge in [0.2, 0.25) is 18.1 Å². The molecule has 0 saturated carbocycles. The fraction of sp³-hybridized carbons (Fsp3) is 0.385. The van der Waals surface area contributed by atoms with E-state index in [0.29, 0.717) is 19.4 Å². The van der Waals surface area contributed by atoms with Gasteiger partial charge < -0.3 is 30.1 Å². The molecule has 3 N–H and O–H groups in total. The van der Waals surface area contributed by atoms with Crippen LogP contribution >= 0.6 is 23.2 Å². The van der Waals surface area contributed by atoms with Crippen molar-refractivity contribution in [1.29, 1.82) is 0 Å². The van der Waals surface area contributed by atoms with Crippen LogP contribution < -0.4 is 10.6 Å².